The molecule has 0 aliphatic heterocycles. The van der Waals surface area contributed by atoms with E-state index in [9.17, 15) is 0 Å². The van der Waals surface area contributed by atoms with E-state index in [1.165, 1.54) is 53.4 Å². The smallest absolute Gasteiger partial charge is 0.124 e. The predicted octanol–water partition coefficient (Wildman–Crippen LogP) is 10.5. The van der Waals surface area contributed by atoms with Crippen molar-refractivity contribution in [2.75, 3.05) is 0 Å². The highest BCUT2D eigenvalue weighted by atomic mass is 32.1. The summed E-state index contributed by atoms with van der Waals surface area (Å²) in [4.78, 5) is 7.71. The molecule has 0 spiro atoms. The van der Waals surface area contributed by atoms with E-state index in [2.05, 4.69) is 113 Å². The third-order valence-electron chi connectivity index (χ3n) is 6.90. The minimum Gasteiger partial charge on any atom is -0.237 e. The zero-order valence-electron chi connectivity index (χ0n) is 21.6. The monoisotopic (exact) mass is 505 g/mol. The summed E-state index contributed by atoms with van der Waals surface area (Å²) in [7, 11) is 0. The first kappa shape index (κ1) is 23.4. The fourth-order valence-electron chi connectivity index (χ4n) is 5.17. The number of hydrogen-bond donors (Lipinski definition) is 0. The van der Waals surface area contributed by atoms with E-state index >= 15 is 0 Å². The lowest BCUT2D eigenvalue weighted by molar-refractivity contribution is 0.596. The van der Waals surface area contributed by atoms with Crippen molar-refractivity contribution < 1.29 is 0 Å². The van der Waals surface area contributed by atoms with Crippen molar-refractivity contribution in [3.8, 4) is 22.4 Å². The largest absolute Gasteiger partial charge is 0.237 e. The summed E-state index contributed by atoms with van der Waals surface area (Å²) in [6.07, 6.45) is 1.14. The van der Waals surface area contributed by atoms with Crippen molar-refractivity contribution in [1.29, 1.82) is 0 Å². The number of aromatic nitrogens is 1. The standard InChI is InChI=1S/C33H31NS2/c1-20(2)14-25-16-23-11-10-22(18-31(23)36-25)28-19-30(34-32-27(28)12-13-35-32)24-15-21-8-6-7-9-26(21)29(17-24)33(3,4)5/h6-13,15-20H,14H2,1-5H3. The van der Waals surface area contributed by atoms with Crippen LogP contribution in [0.2, 0.25) is 0 Å². The maximum atomic E-state index is 5.14. The molecule has 0 saturated heterocycles. The highest BCUT2D eigenvalue weighted by molar-refractivity contribution is 7.19. The van der Waals surface area contributed by atoms with Gasteiger partial charge in [0.1, 0.15) is 4.83 Å². The Hall–Kier alpha value is -3.01. The summed E-state index contributed by atoms with van der Waals surface area (Å²) in [6.45, 7) is 11.5. The van der Waals surface area contributed by atoms with Crippen molar-refractivity contribution in [3.05, 3.63) is 88.6 Å². The Bertz CT molecular complexity index is 1730. The van der Waals surface area contributed by atoms with Crippen LogP contribution in [-0.2, 0) is 11.8 Å². The van der Waals surface area contributed by atoms with Crippen LogP contribution in [0, 0.1) is 5.92 Å². The topological polar surface area (TPSA) is 12.9 Å². The summed E-state index contributed by atoms with van der Waals surface area (Å²) >= 11 is 3.66. The van der Waals surface area contributed by atoms with Gasteiger partial charge in [0.2, 0.25) is 0 Å². The molecule has 0 unspecified atom stereocenters. The van der Waals surface area contributed by atoms with Crippen molar-refractivity contribution in [2.45, 2.75) is 46.5 Å². The van der Waals surface area contributed by atoms with E-state index in [1.807, 2.05) is 11.3 Å². The van der Waals surface area contributed by atoms with Crippen LogP contribution in [0.3, 0.4) is 0 Å². The number of thiophene rings is 2. The Morgan fingerprint density at radius 1 is 0.806 bits per heavy atom. The Labute approximate surface area is 221 Å². The van der Waals surface area contributed by atoms with Crippen LogP contribution in [0.4, 0.5) is 0 Å². The van der Waals surface area contributed by atoms with Gasteiger partial charge in [0, 0.05) is 20.5 Å². The molecule has 36 heavy (non-hydrogen) atoms. The minimum absolute atomic E-state index is 0.0450. The molecule has 3 aromatic carbocycles. The van der Waals surface area contributed by atoms with E-state index < -0.39 is 0 Å². The van der Waals surface area contributed by atoms with Gasteiger partial charge in [-0.15, -0.1) is 22.7 Å². The number of fused-ring (bicyclic) bond motifs is 3. The van der Waals surface area contributed by atoms with E-state index in [0.29, 0.717) is 5.92 Å². The highest BCUT2D eigenvalue weighted by Crippen LogP contribution is 2.39. The molecule has 0 N–H and O–H groups in total. The lowest BCUT2D eigenvalue weighted by Gasteiger charge is -2.23. The fourth-order valence-corrected chi connectivity index (χ4v) is 7.28. The quantitative estimate of drug-likeness (QED) is 0.232. The molecule has 0 radical (unpaired) electrons. The number of benzene rings is 3. The summed E-state index contributed by atoms with van der Waals surface area (Å²) in [5, 5.41) is 7.34. The maximum absolute atomic E-state index is 5.14. The Kier molecular flexibility index (Phi) is 5.74. The van der Waals surface area contributed by atoms with Gasteiger partial charge in [0.15, 0.2) is 0 Å². The summed E-state index contributed by atoms with van der Waals surface area (Å²) in [5.74, 6) is 0.672. The molecule has 0 aliphatic carbocycles. The average Bonchev–Trinajstić information content (AvgIpc) is 3.47. The second kappa shape index (κ2) is 8.83. The first-order valence-corrected chi connectivity index (χ1v) is 14.4. The molecule has 3 aromatic heterocycles. The first-order chi connectivity index (χ1) is 17.3. The molecule has 180 valence electrons. The molecular formula is C33H31NS2. The van der Waals surface area contributed by atoms with Gasteiger partial charge in [0.25, 0.3) is 0 Å². The summed E-state index contributed by atoms with van der Waals surface area (Å²) in [6, 6.07) is 27.2. The normalized spacial score (nSPS) is 12.4. The van der Waals surface area contributed by atoms with Crippen molar-refractivity contribution in [2.24, 2.45) is 5.92 Å². The predicted molar refractivity (Wildman–Crippen MR) is 161 cm³/mol. The maximum Gasteiger partial charge on any atom is 0.124 e. The van der Waals surface area contributed by atoms with Crippen LogP contribution in [0.1, 0.15) is 45.1 Å². The number of hydrogen-bond acceptors (Lipinski definition) is 3. The molecule has 3 heteroatoms. The van der Waals surface area contributed by atoms with Crippen molar-refractivity contribution in [3.63, 3.8) is 0 Å². The molecule has 3 heterocycles. The summed E-state index contributed by atoms with van der Waals surface area (Å²) < 4.78 is 1.37. The Balaban J connectivity index is 1.54. The molecular weight excluding hydrogens is 475 g/mol. The Morgan fingerprint density at radius 2 is 1.64 bits per heavy atom. The molecule has 6 aromatic rings. The molecule has 0 atom stereocenters. The zero-order chi connectivity index (χ0) is 25.0. The second-order valence-corrected chi connectivity index (χ2v) is 13.3. The van der Waals surface area contributed by atoms with Crippen LogP contribution in [0.15, 0.2) is 78.2 Å². The third-order valence-corrected chi connectivity index (χ3v) is 8.82. The molecule has 1 nitrogen and oxygen atoms in total. The van der Waals surface area contributed by atoms with Crippen LogP contribution in [0.5, 0.6) is 0 Å². The van der Waals surface area contributed by atoms with Gasteiger partial charge in [-0.2, -0.15) is 0 Å². The lowest BCUT2D eigenvalue weighted by Crippen LogP contribution is -2.12. The van der Waals surface area contributed by atoms with E-state index in [1.54, 1.807) is 11.3 Å². The number of nitrogens with zero attached hydrogens (tertiary/aromatic N) is 1. The van der Waals surface area contributed by atoms with E-state index in [-0.39, 0.29) is 5.41 Å². The first-order valence-electron chi connectivity index (χ1n) is 12.7. The van der Waals surface area contributed by atoms with Crippen molar-refractivity contribution >= 4 is 53.7 Å². The Morgan fingerprint density at radius 3 is 2.44 bits per heavy atom. The minimum atomic E-state index is 0.0450. The molecule has 0 bridgehead atoms. The number of pyridine rings is 1. The SMILES string of the molecule is CC(C)Cc1cc2ccc(-c3cc(-c4cc(C(C)(C)C)c5ccccc5c4)nc4sccc34)cc2s1. The van der Waals surface area contributed by atoms with Crippen LogP contribution < -0.4 is 0 Å². The second-order valence-electron chi connectivity index (χ2n) is 11.3. The van der Waals surface area contributed by atoms with E-state index in [4.69, 9.17) is 4.98 Å². The highest BCUT2D eigenvalue weighted by Gasteiger charge is 2.19. The third kappa shape index (κ3) is 4.25. The molecule has 0 aliphatic rings. The number of rotatable bonds is 4. The van der Waals surface area contributed by atoms with Crippen LogP contribution in [0.25, 0.3) is 53.5 Å². The average molecular weight is 506 g/mol. The van der Waals surface area contributed by atoms with Gasteiger partial charge in [-0.25, -0.2) is 4.98 Å². The summed E-state index contributed by atoms with van der Waals surface area (Å²) in [5.41, 5.74) is 6.17. The molecule has 0 amide bonds. The fraction of sp³-hybridized carbons (Fsp3) is 0.242. The van der Waals surface area contributed by atoms with Crippen LogP contribution in [-0.4, -0.2) is 4.98 Å². The molecule has 6 rings (SSSR count). The van der Waals surface area contributed by atoms with Gasteiger partial charge < -0.3 is 0 Å². The van der Waals surface area contributed by atoms with Crippen molar-refractivity contribution in [1.82, 2.24) is 4.98 Å². The molecule has 0 fully saturated rings. The lowest BCUT2D eigenvalue weighted by atomic mass is 9.82. The van der Waals surface area contributed by atoms with Gasteiger partial charge in [0.05, 0.1) is 5.69 Å². The zero-order valence-corrected chi connectivity index (χ0v) is 23.2. The van der Waals surface area contributed by atoms with Crippen LogP contribution >= 0.6 is 22.7 Å². The van der Waals surface area contributed by atoms with Gasteiger partial charge in [-0.05, 0) is 92.4 Å². The van der Waals surface area contributed by atoms with Gasteiger partial charge in [-0.3, -0.25) is 0 Å². The molecule has 0 saturated carbocycles. The van der Waals surface area contributed by atoms with E-state index in [0.717, 1.165) is 16.9 Å². The van der Waals surface area contributed by atoms with Gasteiger partial charge >= 0.3 is 0 Å². The van der Waals surface area contributed by atoms with Gasteiger partial charge in [-0.1, -0.05) is 71.0 Å².